The first kappa shape index (κ1) is 29.7. The van der Waals surface area contributed by atoms with E-state index in [9.17, 15) is 14.4 Å². The fraction of sp³-hybridized carbons (Fsp3) is 0.643. The normalized spacial score (nSPS) is 19.3. The summed E-state index contributed by atoms with van der Waals surface area (Å²) in [6.45, 7) is 5.04. The van der Waals surface area contributed by atoms with E-state index in [-0.39, 0.29) is 12.0 Å². The third-order valence-electron chi connectivity index (χ3n) is 6.74. The lowest BCUT2D eigenvalue weighted by Crippen LogP contribution is -2.28. The Morgan fingerprint density at radius 3 is 2.44 bits per heavy atom. The number of nitrogens with one attached hydrogen (secondary N) is 1. The second-order valence-electron chi connectivity index (χ2n) is 9.34. The van der Waals surface area contributed by atoms with E-state index in [0.717, 1.165) is 43.7 Å². The van der Waals surface area contributed by atoms with E-state index in [2.05, 4.69) is 27.0 Å². The molecule has 1 heterocycles. The Bertz CT molecular complexity index is 916. The van der Waals surface area contributed by atoms with E-state index in [1.165, 1.54) is 69.1 Å². The van der Waals surface area contributed by atoms with Crippen LogP contribution in [0, 0.1) is 5.92 Å². The molecule has 36 heavy (non-hydrogen) atoms. The Hall–Kier alpha value is -2.48. The Balaban J connectivity index is 0.00000222. The third kappa shape index (κ3) is 9.52. The standard InChI is InChI=1S/C26H37N3O4S.C2H6/c1-29(16-19-10-6-5-7-11-19)23-13-9-4-3-8-12-20(23)14-21(17-30)25(32)28-26-27-22(18-34-26)15-24(31)33-2;1-2/h14,17-19H,3-13,15-16H2,1-2H3,(H,27,28,32);1-2H3/b21-14+,23-20-;. The maximum Gasteiger partial charge on any atom is 0.311 e. The number of methoxy groups -OCH3 is 1. The maximum absolute atomic E-state index is 12.9. The van der Waals surface area contributed by atoms with Crippen LogP contribution < -0.4 is 5.32 Å². The number of hydrogen-bond acceptors (Lipinski definition) is 7. The van der Waals surface area contributed by atoms with Crippen molar-refractivity contribution in [1.29, 1.82) is 0 Å². The number of aromatic nitrogens is 1. The number of thiazole rings is 1. The second-order valence-corrected chi connectivity index (χ2v) is 10.2. The van der Waals surface area contributed by atoms with Crippen LogP contribution in [0.25, 0.3) is 0 Å². The average Bonchev–Trinajstić information content (AvgIpc) is 3.31. The highest BCUT2D eigenvalue weighted by Gasteiger charge is 2.20. The summed E-state index contributed by atoms with van der Waals surface area (Å²) < 4.78 is 4.65. The first-order valence-electron chi connectivity index (χ1n) is 13.4. The summed E-state index contributed by atoms with van der Waals surface area (Å²) in [5, 5.41) is 4.77. The molecule has 0 bridgehead atoms. The van der Waals surface area contributed by atoms with Crippen LogP contribution in [0.4, 0.5) is 5.13 Å². The number of rotatable bonds is 9. The molecule has 1 saturated carbocycles. The molecule has 1 aromatic rings. The van der Waals surface area contributed by atoms with Crippen molar-refractivity contribution in [2.45, 2.75) is 90.9 Å². The minimum absolute atomic E-state index is 0.0445. The number of allylic oxidation sites excluding steroid dienone is 3. The van der Waals surface area contributed by atoms with Crippen molar-refractivity contribution in [2.24, 2.45) is 5.92 Å². The molecule has 1 aromatic heterocycles. The summed E-state index contributed by atoms with van der Waals surface area (Å²) in [4.78, 5) is 42.9. The van der Waals surface area contributed by atoms with Gasteiger partial charge in [-0.2, -0.15) is 0 Å². The lowest BCUT2D eigenvalue weighted by molar-refractivity contribution is -0.139. The number of carbonyl (C=O) groups excluding carboxylic acids is 3. The molecule has 2 aliphatic rings. The molecule has 7 nitrogen and oxygen atoms in total. The van der Waals surface area contributed by atoms with Crippen molar-refractivity contribution in [2.75, 3.05) is 26.0 Å². The minimum atomic E-state index is -0.474. The smallest absolute Gasteiger partial charge is 0.311 e. The molecule has 200 valence electrons. The molecule has 0 aliphatic heterocycles. The van der Waals surface area contributed by atoms with Crippen LogP contribution in [-0.2, 0) is 25.5 Å². The molecule has 0 unspecified atom stereocenters. The van der Waals surface area contributed by atoms with Crippen LogP contribution in [0.1, 0.15) is 90.2 Å². The summed E-state index contributed by atoms with van der Waals surface area (Å²) in [6.07, 6.45) is 15.4. The Morgan fingerprint density at radius 1 is 1.11 bits per heavy atom. The number of aldehydes is 1. The summed E-state index contributed by atoms with van der Waals surface area (Å²) in [5.41, 5.74) is 3.00. The first-order valence-corrected chi connectivity index (χ1v) is 14.3. The molecule has 0 spiro atoms. The maximum atomic E-state index is 12.9. The zero-order valence-electron chi connectivity index (χ0n) is 22.4. The first-order chi connectivity index (χ1) is 17.5. The van der Waals surface area contributed by atoms with Crippen LogP contribution in [0.5, 0.6) is 0 Å². The molecular formula is C28H43N3O4S. The number of carbonyl (C=O) groups is 3. The highest BCUT2D eigenvalue weighted by molar-refractivity contribution is 7.14. The van der Waals surface area contributed by atoms with Crippen molar-refractivity contribution in [3.8, 4) is 0 Å². The van der Waals surface area contributed by atoms with Gasteiger partial charge in [0.1, 0.15) is 0 Å². The molecule has 0 saturated heterocycles. The number of nitrogens with zero attached hydrogens (tertiary/aromatic N) is 2. The largest absolute Gasteiger partial charge is 0.469 e. The quantitative estimate of drug-likeness (QED) is 0.141. The molecule has 1 amide bonds. The minimum Gasteiger partial charge on any atom is -0.469 e. The zero-order chi connectivity index (χ0) is 26.3. The van der Waals surface area contributed by atoms with E-state index >= 15 is 0 Å². The number of amides is 1. The van der Waals surface area contributed by atoms with Gasteiger partial charge in [-0.3, -0.25) is 19.7 Å². The van der Waals surface area contributed by atoms with E-state index in [4.69, 9.17) is 0 Å². The second kappa shape index (κ2) is 16.3. The van der Waals surface area contributed by atoms with Crippen LogP contribution in [0.15, 0.2) is 28.3 Å². The van der Waals surface area contributed by atoms with Crippen LogP contribution in [0.2, 0.25) is 0 Å². The highest BCUT2D eigenvalue weighted by atomic mass is 32.1. The van der Waals surface area contributed by atoms with Crippen molar-refractivity contribution < 1.29 is 19.1 Å². The Kier molecular flexibility index (Phi) is 13.5. The van der Waals surface area contributed by atoms with Crippen molar-refractivity contribution in [1.82, 2.24) is 9.88 Å². The molecule has 1 fully saturated rings. The summed E-state index contributed by atoms with van der Waals surface area (Å²) in [5.74, 6) is -0.143. The summed E-state index contributed by atoms with van der Waals surface area (Å²) in [7, 11) is 3.49. The van der Waals surface area contributed by atoms with Gasteiger partial charge in [-0.05, 0) is 56.1 Å². The van der Waals surface area contributed by atoms with E-state index in [1.54, 1.807) is 11.5 Å². The van der Waals surface area contributed by atoms with Gasteiger partial charge in [0.05, 0.1) is 24.8 Å². The molecule has 1 N–H and O–H groups in total. The fourth-order valence-electron chi connectivity index (χ4n) is 4.90. The molecule has 8 heteroatoms. The van der Waals surface area contributed by atoms with Gasteiger partial charge in [-0.1, -0.05) is 46.0 Å². The SMILES string of the molecule is CC.COC(=O)Cc1csc(NC(=O)/C(C=O)=C/C2=C(\N(C)CC3CCCCC3)CCCCCC2)n1. The van der Waals surface area contributed by atoms with Crippen molar-refractivity contribution >= 4 is 34.6 Å². The predicted octanol–water partition coefficient (Wildman–Crippen LogP) is 6.07. The van der Waals surface area contributed by atoms with Crippen LogP contribution in [-0.4, -0.2) is 48.7 Å². The van der Waals surface area contributed by atoms with Crippen LogP contribution in [0.3, 0.4) is 0 Å². The molecule has 3 rings (SSSR count). The molecule has 2 aliphatic carbocycles. The van der Waals surface area contributed by atoms with Gasteiger partial charge in [0.15, 0.2) is 11.4 Å². The van der Waals surface area contributed by atoms with Crippen LogP contribution >= 0.6 is 11.3 Å². The Morgan fingerprint density at radius 2 is 1.78 bits per heavy atom. The van der Waals surface area contributed by atoms with E-state index < -0.39 is 11.9 Å². The number of esters is 1. The number of ether oxygens (including phenoxy) is 1. The number of hydrogen-bond donors (Lipinski definition) is 1. The van der Waals surface area contributed by atoms with Gasteiger partial charge in [0.2, 0.25) is 0 Å². The van der Waals surface area contributed by atoms with E-state index in [0.29, 0.717) is 17.1 Å². The monoisotopic (exact) mass is 517 g/mol. The summed E-state index contributed by atoms with van der Waals surface area (Å²) >= 11 is 1.22. The van der Waals surface area contributed by atoms with Gasteiger partial charge in [-0.15, -0.1) is 11.3 Å². The third-order valence-corrected chi connectivity index (χ3v) is 7.55. The Labute approximate surface area is 220 Å². The van der Waals surface area contributed by atoms with Crippen molar-refractivity contribution in [3.63, 3.8) is 0 Å². The van der Waals surface area contributed by atoms with Gasteiger partial charge >= 0.3 is 5.97 Å². The topological polar surface area (TPSA) is 88.6 Å². The lowest BCUT2D eigenvalue weighted by atomic mass is 9.88. The molecule has 0 aromatic carbocycles. The molecule has 0 atom stereocenters. The average molecular weight is 518 g/mol. The van der Waals surface area contributed by atoms with Gasteiger partial charge < -0.3 is 9.64 Å². The fourth-order valence-corrected chi connectivity index (χ4v) is 5.61. The van der Waals surface area contributed by atoms with Crippen molar-refractivity contribution in [3.05, 3.63) is 34.0 Å². The zero-order valence-corrected chi connectivity index (χ0v) is 23.3. The van der Waals surface area contributed by atoms with Gasteiger partial charge in [0.25, 0.3) is 5.91 Å². The highest BCUT2D eigenvalue weighted by Crippen LogP contribution is 2.30. The molecular weight excluding hydrogens is 474 g/mol. The van der Waals surface area contributed by atoms with E-state index in [1.807, 2.05) is 13.8 Å². The lowest BCUT2D eigenvalue weighted by Gasteiger charge is -2.32. The summed E-state index contributed by atoms with van der Waals surface area (Å²) in [6, 6.07) is 0. The van der Waals surface area contributed by atoms with Gasteiger partial charge in [0, 0.05) is 24.7 Å². The number of anilines is 1. The predicted molar refractivity (Wildman–Crippen MR) is 146 cm³/mol. The van der Waals surface area contributed by atoms with Gasteiger partial charge in [-0.25, -0.2) is 4.98 Å². The molecule has 0 radical (unpaired) electrons.